The van der Waals surface area contributed by atoms with Crippen molar-refractivity contribution in [2.75, 3.05) is 25.0 Å². The average molecular weight is 509 g/mol. The molecule has 12 heteroatoms. The Kier molecular flexibility index (Phi) is 7.56. The number of benzene rings is 1. The summed E-state index contributed by atoms with van der Waals surface area (Å²) in [4.78, 5) is 17.0. The van der Waals surface area contributed by atoms with Crippen LogP contribution in [0.3, 0.4) is 0 Å². The molecule has 0 radical (unpaired) electrons. The number of hydrogen-bond donors (Lipinski definition) is 2. The summed E-state index contributed by atoms with van der Waals surface area (Å²) in [5.74, 6) is 0.661. The number of rotatable bonds is 10. The van der Waals surface area contributed by atoms with Crippen LogP contribution in [0.1, 0.15) is 5.56 Å². The number of anilines is 1. The van der Waals surface area contributed by atoms with Crippen LogP contribution in [0.15, 0.2) is 72.1 Å². The standard InChI is InChI=1S/C24H24N6O5S/c1-16-7-8-20(27-15-16)36(31,32)30-23-21(35-19-6-4-3-5-18(19)33-2)24(34-14-11-25)29-22(28-23)17-9-12-26-13-10-17/h3-10,12-13,15H,11,14,25H2,1-2H3,(H,28,29,30). The number of para-hydroxylation sites is 2. The van der Waals surface area contributed by atoms with E-state index in [1.165, 1.54) is 19.4 Å². The SMILES string of the molecule is COc1ccccc1Oc1c(NS(=O)(=O)c2ccc(C)cn2)nc(-c2ccncc2)nc1OCCN. The van der Waals surface area contributed by atoms with Gasteiger partial charge in [-0.3, -0.25) is 9.71 Å². The maximum absolute atomic E-state index is 13.2. The molecular weight excluding hydrogens is 484 g/mol. The van der Waals surface area contributed by atoms with Crippen LogP contribution in [-0.2, 0) is 10.0 Å². The van der Waals surface area contributed by atoms with E-state index in [4.69, 9.17) is 19.9 Å². The zero-order chi connectivity index (χ0) is 25.5. The van der Waals surface area contributed by atoms with Crippen molar-refractivity contribution in [1.29, 1.82) is 0 Å². The van der Waals surface area contributed by atoms with Crippen molar-refractivity contribution in [3.8, 4) is 34.5 Å². The number of methoxy groups -OCH3 is 1. The number of sulfonamides is 1. The summed E-state index contributed by atoms with van der Waals surface area (Å²) in [6.07, 6.45) is 4.59. The molecule has 3 N–H and O–H groups in total. The molecule has 0 aliphatic heterocycles. The van der Waals surface area contributed by atoms with Gasteiger partial charge in [-0.15, -0.1) is 0 Å². The zero-order valence-electron chi connectivity index (χ0n) is 19.6. The highest BCUT2D eigenvalue weighted by molar-refractivity contribution is 7.92. The number of nitrogens with zero attached hydrogens (tertiary/aromatic N) is 4. The molecule has 0 aliphatic carbocycles. The van der Waals surface area contributed by atoms with Gasteiger partial charge >= 0.3 is 0 Å². The Labute approximate surface area is 208 Å². The molecule has 0 atom stereocenters. The summed E-state index contributed by atoms with van der Waals surface area (Å²) in [6.45, 7) is 2.10. The monoisotopic (exact) mass is 508 g/mol. The second-order valence-electron chi connectivity index (χ2n) is 7.44. The largest absolute Gasteiger partial charge is 0.493 e. The van der Waals surface area contributed by atoms with Crippen LogP contribution in [-0.4, -0.2) is 48.6 Å². The number of pyridine rings is 2. The lowest BCUT2D eigenvalue weighted by molar-refractivity contribution is 0.296. The van der Waals surface area contributed by atoms with E-state index in [0.29, 0.717) is 17.1 Å². The van der Waals surface area contributed by atoms with Gasteiger partial charge in [0.25, 0.3) is 15.9 Å². The minimum atomic E-state index is -4.15. The van der Waals surface area contributed by atoms with Crippen LogP contribution in [0, 0.1) is 6.92 Å². The van der Waals surface area contributed by atoms with E-state index in [1.807, 2.05) is 6.92 Å². The van der Waals surface area contributed by atoms with Crippen molar-refractivity contribution in [2.45, 2.75) is 11.9 Å². The molecule has 0 bridgehead atoms. The summed E-state index contributed by atoms with van der Waals surface area (Å²) < 4.78 is 46.1. The molecule has 0 amide bonds. The minimum absolute atomic E-state index is 0.0114. The molecule has 3 heterocycles. The Bertz CT molecular complexity index is 1430. The Morgan fingerprint density at radius 3 is 2.42 bits per heavy atom. The van der Waals surface area contributed by atoms with Crippen molar-refractivity contribution >= 4 is 15.8 Å². The Morgan fingerprint density at radius 1 is 1.00 bits per heavy atom. The topological polar surface area (TPSA) is 151 Å². The fourth-order valence-electron chi connectivity index (χ4n) is 3.08. The molecule has 186 valence electrons. The number of aromatic nitrogens is 4. The van der Waals surface area contributed by atoms with Crippen LogP contribution in [0.25, 0.3) is 11.4 Å². The van der Waals surface area contributed by atoms with Gasteiger partial charge in [-0.2, -0.15) is 13.4 Å². The first-order valence-electron chi connectivity index (χ1n) is 10.8. The summed E-state index contributed by atoms with van der Waals surface area (Å²) in [6, 6.07) is 13.3. The molecule has 11 nitrogen and oxygen atoms in total. The number of aryl methyl sites for hydroxylation is 1. The molecule has 1 aromatic carbocycles. The van der Waals surface area contributed by atoms with Crippen LogP contribution in [0.2, 0.25) is 0 Å². The predicted octanol–water partition coefficient (Wildman–Crippen LogP) is 3.18. The molecule has 4 rings (SSSR count). The first kappa shape index (κ1) is 24.8. The normalized spacial score (nSPS) is 11.1. The van der Waals surface area contributed by atoms with Gasteiger partial charge in [0, 0.05) is 30.7 Å². The molecule has 0 unspecified atom stereocenters. The summed E-state index contributed by atoms with van der Waals surface area (Å²) in [7, 11) is -2.66. The molecule has 0 saturated heterocycles. The maximum atomic E-state index is 13.2. The maximum Gasteiger partial charge on any atom is 0.280 e. The van der Waals surface area contributed by atoms with E-state index in [-0.39, 0.29) is 41.4 Å². The lowest BCUT2D eigenvalue weighted by Crippen LogP contribution is -2.18. The highest BCUT2D eigenvalue weighted by Gasteiger charge is 2.26. The van der Waals surface area contributed by atoms with E-state index in [2.05, 4.69) is 24.7 Å². The molecule has 3 aromatic heterocycles. The summed E-state index contributed by atoms with van der Waals surface area (Å²) in [5, 5.41) is -0.190. The summed E-state index contributed by atoms with van der Waals surface area (Å²) >= 11 is 0. The van der Waals surface area contributed by atoms with Crippen LogP contribution >= 0.6 is 0 Å². The van der Waals surface area contributed by atoms with Crippen molar-refractivity contribution < 1.29 is 22.6 Å². The smallest absolute Gasteiger partial charge is 0.280 e. The number of nitrogens with one attached hydrogen (secondary N) is 1. The Morgan fingerprint density at radius 2 is 1.75 bits per heavy atom. The van der Waals surface area contributed by atoms with Crippen molar-refractivity contribution in [2.24, 2.45) is 5.73 Å². The van der Waals surface area contributed by atoms with E-state index in [1.54, 1.807) is 54.9 Å². The third-order valence-electron chi connectivity index (χ3n) is 4.80. The van der Waals surface area contributed by atoms with Crippen LogP contribution in [0.5, 0.6) is 23.1 Å². The van der Waals surface area contributed by atoms with Gasteiger partial charge in [-0.05, 0) is 42.8 Å². The molecule has 0 spiro atoms. The molecule has 0 fully saturated rings. The highest BCUT2D eigenvalue weighted by Crippen LogP contribution is 2.41. The second kappa shape index (κ2) is 11.0. The van der Waals surface area contributed by atoms with Gasteiger partial charge in [0.2, 0.25) is 5.75 Å². The van der Waals surface area contributed by atoms with E-state index >= 15 is 0 Å². The highest BCUT2D eigenvalue weighted by atomic mass is 32.2. The van der Waals surface area contributed by atoms with Crippen LogP contribution < -0.4 is 24.7 Å². The molecule has 4 aromatic rings. The van der Waals surface area contributed by atoms with Gasteiger partial charge in [0.05, 0.1) is 7.11 Å². The first-order valence-corrected chi connectivity index (χ1v) is 12.3. The molecule has 0 saturated carbocycles. The second-order valence-corrected chi connectivity index (χ2v) is 9.06. The lowest BCUT2D eigenvalue weighted by Gasteiger charge is -2.18. The van der Waals surface area contributed by atoms with Gasteiger partial charge in [-0.1, -0.05) is 18.2 Å². The Hall–Kier alpha value is -4.29. The lowest BCUT2D eigenvalue weighted by atomic mass is 10.2. The van der Waals surface area contributed by atoms with E-state index in [0.717, 1.165) is 5.56 Å². The quantitative estimate of drug-likeness (QED) is 0.327. The third kappa shape index (κ3) is 5.67. The Balaban J connectivity index is 1.88. The molecule has 36 heavy (non-hydrogen) atoms. The number of nitrogens with two attached hydrogens (primary N) is 1. The number of ether oxygens (including phenoxy) is 3. The van der Waals surface area contributed by atoms with Gasteiger partial charge in [0.15, 0.2) is 28.2 Å². The molecule has 0 aliphatic rings. The van der Waals surface area contributed by atoms with Crippen molar-refractivity contribution in [3.63, 3.8) is 0 Å². The van der Waals surface area contributed by atoms with E-state index in [9.17, 15) is 8.42 Å². The third-order valence-corrected chi connectivity index (χ3v) is 6.06. The fourth-order valence-corrected chi connectivity index (χ4v) is 4.02. The van der Waals surface area contributed by atoms with Gasteiger partial charge < -0.3 is 19.9 Å². The first-order chi connectivity index (χ1) is 17.4. The summed E-state index contributed by atoms with van der Waals surface area (Å²) in [5.41, 5.74) is 7.04. The van der Waals surface area contributed by atoms with Gasteiger partial charge in [0.1, 0.15) is 6.61 Å². The predicted molar refractivity (Wildman–Crippen MR) is 133 cm³/mol. The fraction of sp³-hybridized carbons (Fsp3) is 0.167. The van der Waals surface area contributed by atoms with Crippen LogP contribution in [0.4, 0.5) is 5.82 Å². The average Bonchev–Trinajstić information content (AvgIpc) is 2.89. The van der Waals surface area contributed by atoms with Gasteiger partial charge in [-0.25, -0.2) is 9.97 Å². The zero-order valence-corrected chi connectivity index (χ0v) is 20.4. The number of hydrogen-bond acceptors (Lipinski definition) is 10. The van der Waals surface area contributed by atoms with Crippen molar-refractivity contribution in [3.05, 3.63) is 72.7 Å². The van der Waals surface area contributed by atoms with Crippen molar-refractivity contribution in [1.82, 2.24) is 19.9 Å². The molecular formula is C24H24N6O5S. The minimum Gasteiger partial charge on any atom is -0.493 e. The van der Waals surface area contributed by atoms with E-state index < -0.39 is 10.0 Å².